The maximum absolute atomic E-state index is 13.1. The zero-order chi connectivity index (χ0) is 17.4. The van der Waals surface area contributed by atoms with E-state index in [4.69, 9.17) is 0 Å². The number of halogens is 1. The van der Waals surface area contributed by atoms with Crippen LogP contribution in [0.1, 0.15) is 37.0 Å². The van der Waals surface area contributed by atoms with Gasteiger partial charge in [-0.2, -0.15) is 0 Å². The topological polar surface area (TPSA) is 40.5 Å². The number of thiophene rings is 1. The van der Waals surface area contributed by atoms with Crippen LogP contribution in [-0.4, -0.2) is 28.1 Å². The Kier molecular flexibility index (Phi) is 4.61. The molecule has 0 radical (unpaired) electrons. The van der Waals surface area contributed by atoms with Crippen molar-refractivity contribution in [2.45, 2.75) is 50.7 Å². The number of nitrogens with zero attached hydrogens (tertiary/aromatic N) is 1. The van der Waals surface area contributed by atoms with Gasteiger partial charge in [0.05, 0.1) is 0 Å². The molecule has 4 rings (SSSR count). The second kappa shape index (κ2) is 6.89. The number of aliphatic carboxylic acids is 1. The smallest absolute Gasteiger partial charge is 0.320 e. The molecule has 132 valence electrons. The molecule has 3 unspecified atom stereocenters. The first-order valence-corrected chi connectivity index (χ1v) is 9.76. The third-order valence-corrected chi connectivity index (χ3v) is 6.75. The molecule has 2 fully saturated rings. The maximum Gasteiger partial charge on any atom is 0.320 e. The largest absolute Gasteiger partial charge is 0.480 e. The molecular formula is C20H22FNO2S. The van der Waals surface area contributed by atoms with E-state index in [0.717, 1.165) is 29.7 Å². The van der Waals surface area contributed by atoms with Crippen LogP contribution in [0.4, 0.5) is 4.39 Å². The molecule has 1 saturated heterocycles. The van der Waals surface area contributed by atoms with E-state index in [2.05, 4.69) is 17.0 Å². The Balaban J connectivity index is 1.54. The molecule has 1 saturated carbocycles. The Labute approximate surface area is 151 Å². The van der Waals surface area contributed by atoms with Crippen molar-refractivity contribution in [3.8, 4) is 10.4 Å². The molecule has 1 N–H and O–H groups in total. The van der Waals surface area contributed by atoms with Gasteiger partial charge in [0.25, 0.3) is 0 Å². The van der Waals surface area contributed by atoms with E-state index in [1.807, 2.05) is 0 Å². The lowest BCUT2D eigenvalue weighted by Gasteiger charge is -2.32. The Morgan fingerprint density at radius 2 is 1.92 bits per heavy atom. The summed E-state index contributed by atoms with van der Waals surface area (Å²) in [6, 6.07) is 10.7. The van der Waals surface area contributed by atoms with Crippen LogP contribution in [-0.2, 0) is 11.3 Å². The summed E-state index contributed by atoms with van der Waals surface area (Å²) >= 11 is 1.67. The number of hydrogen-bond acceptors (Lipinski definition) is 3. The fourth-order valence-corrected chi connectivity index (χ4v) is 5.46. The van der Waals surface area contributed by atoms with Crippen molar-refractivity contribution in [2.24, 2.45) is 5.92 Å². The summed E-state index contributed by atoms with van der Waals surface area (Å²) in [5.41, 5.74) is 1.00. The van der Waals surface area contributed by atoms with Crippen molar-refractivity contribution in [2.75, 3.05) is 0 Å². The standard InChI is InChI=1S/C20H22FNO2S/c21-15-7-5-13(6-8-15)19-10-9-16(25-19)12-22-17-4-2-1-3-14(17)11-18(22)20(23)24/h5-10,14,17-18H,1-4,11-12H2,(H,23,24). The normalized spacial score (nSPS) is 26.5. The van der Waals surface area contributed by atoms with Crippen LogP contribution in [0.2, 0.25) is 0 Å². The van der Waals surface area contributed by atoms with Crippen LogP contribution in [0.3, 0.4) is 0 Å². The van der Waals surface area contributed by atoms with Gasteiger partial charge in [0.15, 0.2) is 0 Å². The van der Waals surface area contributed by atoms with Gasteiger partial charge in [-0.3, -0.25) is 9.69 Å². The van der Waals surface area contributed by atoms with Gasteiger partial charge in [-0.25, -0.2) is 4.39 Å². The maximum atomic E-state index is 13.1. The van der Waals surface area contributed by atoms with E-state index >= 15 is 0 Å². The lowest BCUT2D eigenvalue weighted by Crippen LogP contribution is -2.41. The molecule has 25 heavy (non-hydrogen) atoms. The van der Waals surface area contributed by atoms with Crippen molar-refractivity contribution in [3.05, 3.63) is 47.1 Å². The number of carbonyl (C=O) groups is 1. The van der Waals surface area contributed by atoms with Gasteiger partial charge in [0, 0.05) is 22.3 Å². The highest BCUT2D eigenvalue weighted by Crippen LogP contribution is 2.41. The van der Waals surface area contributed by atoms with Gasteiger partial charge in [-0.15, -0.1) is 11.3 Å². The minimum absolute atomic E-state index is 0.231. The van der Waals surface area contributed by atoms with Crippen molar-refractivity contribution in [1.82, 2.24) is 4.90 Å². The van der Waals surface area contributed by atoms with Crippen molar-refractivity contribution in [1.29, 1.82) is 0 Å². The van der Waals surface area contributed by atoms with Crippen LogP contribution in [0.15, 0.2) is 36.4 Å². The first kappa shape index (κ1) is 16.7. The fourth-order valence-electron chi connectivity index (χ4n) is 4.44. The Morgan fingerprint density at radius 3 is 2.68 bits per heavy atom. The third kappa shape index (κ3) is 3.35. The molecule has 1 aromatic carbocycles. The minimum Gasteiger partial charge on any atom is -0.480 e. The molecule has 2 heterocycles. The summed E-state index contributed by atoms with van der Waals surface area (Å²) in [5.74, 6) is -0.388. The monoisotopic (exact) mass is 359 g/mol. The summed E-state index contributed by atoms with van der Waals surface area (Å²) in [6.45, 7) is 0.698. The number of carboxylic acid groups (broad SMARTS) is 1. The van der Waals surface area contributed by atoms with Crippen LogP contribution in [0.5, 0.6) is 0 Å². The molecule has 1 aromatic heterocycles. The van der Waals surface area contributed by atoms with Gasteiger partial charge in [0.2, 0.25) is 0 Å². The van der Waals surface area contributed by atoms with Gasteiger partial charge < -0.3 is 5.11 Å². The van der Waals surface area contributed by atoms with Crippen molar-refractivity contribution >= 4 is 17.3 Å². The van der Waals surface area contributed by atoms with E-state index in [-0.39, 0.29) is 11.9 Å². The molecule has 1 aliphatic heterocycles. The van der Waals surface area contributed by atoms with Crippen LogP contribution < -0.4 is 0 Å². The highest BCUT2D eigenvalue weighted by atomic mass is 32.1. The number of benzene rings is 1. The molecule has 5 heteroatoms. The molecule has 1 aliphatic carbocycles. The van der Waals surface area contributed by atoms with Gasteiger partial charge in [0.1, 0.15) is 11.9 Å². The number of carboxylic acids is 1. The highest BCUT2D eigenvalue weighted by Gasteiger charge is 2.45. The third-order valence-electron chi connectivity index (χ3n) is 5.64. The van der Waals surface area contributed by atoms with E-state index < -0.39 is 5.97 Å². The first-order valence-electron chi connectivity index (χ1n) is 8.95. The molecule has 3 atom stereocenters. The molecule has 0 bridgehead atoms. The Hall–Kier alpha value is -1.72. The van der Waals surface area contributed by atoms with E-state index in [1.54, 1.807) is 23.5 Å². The SMILES string of the molecule is O=C(O)C1CC2CCCCC2N1Cc1ccc(-c2ccc(F)cc2)s1. The minimum atomic E-state index is -0.690. The second-order valence-corrected chi connectivity index (χ2v) is 8.32. The summed E-state index contributed by atoms with van der Waals surface area (Å²) in [6.07, 6.45) is 5.50. The fraction of sp³-hybridized carbons (Fsp3) is 0.450. The zero-order valence-corrected chi connectivity index (χ0v) is 14.8. The van der Waals surface area contributed by atoms with Crippen molar-refractivity contribution < 1.29 is 14.3 Å². The van der Waals surface area contributed by atoms with E-state index in [1.165, 1.54) is 29.9 Å². The molecule has 2 aromatic rings. The molecule has 2 aliphatic rings. The highest BCUT2D eigenvalue weighted by molar-refractivity contribution is 7.15. The number of fused-ring (bicyclic) bond motifs is 1. The molecule has 0 spiro atoms. The van der Waals surface area contributed by atoms with Crippen LogP contribution in [0, 0.1) is 11.7 Å². The average molecular weight is 359 g/mol. The summed E-state index contributed by atoms with van der Waals surface area (Å²) in [7, 11) is 0. The quantitative estimate of drug-likeness (QED) is 0.855. The number of hydrogen-bond donors (Lipinski definition) is 1. The molecule has 3 nitrogen and oxygen atoms in total. The lowest BCUT2D eigenvalue weighted by atomic mass is 9.85. The van der Waals surface area contributed by atoms with Crippen LogP contribution in [0.25, 0.3) is 10.4 Å². The van der Waals surface area contributed by atoms with Gasteiger partial charge in [-0.05, 0) is 55.0 Å². The van der Waals surface area contributed by atoms with Crippen LogP contribution >= 0.6 is 11.3 Å². The molecule has 0 amide bonds. The molecular weight excluding hydrogens is 337 g/mol. The lowest BCUT2D eigenvalue weighted by molar-refractivity contribution is -0.142. The average Bonchev–Trinajstić information content (AvgIpc) is 3.21. The number of rotatable bonds is 4. The predicted octanol–water partition coefficient (Wildman–Crippen LogP) is 4.77. The summed E-state index contributed by atoms with van der Waals surface area (Å²) in [5, 5.41) is 9.64. The Morgan fingerprint density at radius 1 is 1.16 bits per heavy atom. The van der Waals surface area contributed by atoms with E-state index in [0.29, 0.717) is 18.5 Å². The van der Waals surface area contributed by atoms with Gasteiger partial charge >= 0.3 is 5.97 Å². The van der Waals surface area contributed by atoms with Crippen molar-refractivity contribution in [3.63, 3.8) is 0 Å². The first-order chi connectivity index (χ1) is 12.1. The Bertz CT molecular complexity index is 757. The van der Waals surface area contributed by atoms with Gasteiger partial charge in [-0.1, -0.05) is 25.0 Å². The second-order valence-electron chi connectivity index (χ2n) is 7.15. The van der Waals surface area contributed by atoms with E-state index in [9.17, 15) is 14.3 Å². The number of likely N-dealkylation sites (tertiary alicyclic amines) is 1. The summed E-state index contributed by atoms with van der Waals surface area (Å²) in [4.78, 5) is 16.2. The summed E-state index contributed by atoms with van der Waals surface area (Å²) < 4.78 is 13.1. The predicted molar refractivity (Wildman–Crippen MR) is 97.0 cm³/mol. The zero-order valence-electron chi connectivity index (χ0n) is 14.0.